The summed E-state index contributed by atoms with van der Waals surface area (Å²) in [5.41, 5.74) is 0. The van der Waals surface area contributed by atoms with Crippen LogP contribution in [0, 0.1) is 17.8 Å². The second-order valence-electron chi connectivity index (χ2n) is 6.28. The Morgan fingerprint density at radius 2 is 2.00 bits per heavy atom. The van der Waals surface area contributed by atoms with Crippen molar-refractivity contribution < 1.29 is 0 Å². The molecule has 3 atom stereocenters. The van der Waals surface area contributed by atoms with Gasteiger partial charge < -0.3 is 5.32 Å². The molecule has 2 rings (SSSR count). The van der Waals surface area contributed by atoms with Gasteiger partial charge in [0.15, 0.2) is 0 Å². The van der Waals surface area contributed by atoms with Crippen molar-refractivity contribution in [2.45, 2.75) is 52.5 Å². The lowest BCUT2D eigenvalue weighted by molar-refractivity contribution is 0.178. The average molecular weight is 344 g/mol. The van der Waals surface area contributed by atoms with Crippen molar-refractivity contribution in [2.24, 2.45) is 17.8 Å². The minimum Gasteiger partial charge on any atom is -0.309 e. The van der Waals surface area contributed by atoms with Crippen molar-refractivity contribution in [1.82, 2.24) is 5.32 Å². The molecule has 0 spiro atoms. The molecule has 1 aliphatic carbocycles. The molecule has 1 nitrogen and oxygen atoms in total. The van der Waals surface area contributed by atoms with E-state index in [1.165, 1.54) is 35.0 Å². The maximum absolute atomic E-state index is 3.80. The third-order valence-corrected chi connectivity index (χ3v) is 5.97. The van der Waals surface area contributed by atoms with Crippen LogP contribution in [-0.2, 0) is 0 Å². The normalized spacial score (nSPS) is 29.4. The van der Waals surface area contributed by atoms with Crippen LogP contribution >= 0.6 is 27.3 Å². The van der Waals surface area contributed by atoms with E-state index in [4.69, 9.17) is 0 Å². The largest absolute Gasteiger partial charge is 0.309 e. The minimum atomic E-state index is 0.557. The van der Waals surface area contributed by atoms with Crippen LogP contribution < -0.4 is 5.32 Å². The summed E-state index contributed by atoms with van der Waals surface area (Å²) in [6.07, 6.45) is 5.37. The number of thiophene rings is 1. The van der Waals surface area contributed by atoms with Gasteiger partial charge in [0.2, 0.25) is 0 Å². The SMILES string of the molecule is CCCNC(c1cc(Br)cs1)C1CC(C)CC(C)C1. The monoisotopic (exact) mass is 343 g/mol. The number of hydrogen-bond acceptors (Lipinski definition) is 2. The zero-order valence-electron chi connectivity index (χ0n) is 12.3. The third-order valence-electron chi connectivity index (χ3n) is 4.19. The van der Waals surface area contributed by atoms with E-state index < -0.39 is 0 Å². The number of nitrogens with one attached hydrogen (secondary N) is 1. The highest BCUT2D eigenvalue weighted by Gasteiger charge is 2.31. The van der Waals surface area contributed by atoms with Gasteiger partial charge in [-0.3, -0.25) is 0 Å². The Kier molecular flexibility index (Phi) is 5.91. The molecule has 0 bridgehead atoms. The minimum absolute atomic E-state index is 0.557. The quantitative estimate of drug-likeness (QED) is 0.731. The summed E-state index contributed by atoms with van der Waals surface area (Å²) in [5, 5.41) is 6.01. The van der Waals surface area contributed by atoms with Crippen LogP contribution in [0.4, 0.5) is 0 Å². The average Bonchev–Trinajstić information content (AvgIpc) is 2.75. The van der Waals surface area contributed by atoms with Crippen molar-refractivity contribution in [3.8, 4) is 0 Å². The summed E-state index contributed by atoms with van der Waals surface area (Å²) in [6.45, 7) is 8.22. The van der Waals surface area contributed by atoms with Gasteiger partial charge in [0.05, 0.1) is 0 Å². The van der Waals surface area contributed by atoms with Gasteiger partial charge in [-0.15, -0.1) is 11.3 Å². The Labute approximate surface area is 130 Å². The zero-order valence-corrected chi connectivity index (χ0v) is 14.7. The van der Waals surface area contributed by atoms with Gasteiger partial charge in [0.1, 0.15) is 0 Å². The molecule has 1 N–H and O–H groups in total. The van der Waals surface area contributed by atoms with E-state index in [9.17, 15) is 0 Å². The molecule has 3 heteroatoms. The first-order valence-electron chi connectivity index (χ1n) is 7.57. The Balaban J connectivity index is 2.12. The second-order valence-corrected chi connectivity index (χ2v) is 8.14. The Morgan fingerprint density at radius 1 is 1.32 bits per heavy atom. The van der Waals surface area contributed by atoms with Crippen LogP contribution in [0.25, 0.3) is 0 Å². The van der Waals surface area contributed by atoms with Gasteiger partial charge >= 0.3 is 0 Å². The summed E-state index contributed by atoms with van der Waals surface area (Å²) < 4.78 is 1.23. The second kappa shape index (κ2) is 7.24. The number of hydrogen-bond donors (Lipinski definition) is 1. The molecule has 1 aliphatic rings. The van der Waals surface area contributed by atoms with Crippen molar-refractivity contribution in [1.29, 1.82) is 0 Å². The highest BCUT2D eigenvalue weighted by molar-refractivity contribution is 9.10. The van der Waals surface area contributed by atoms with E-state index in [2.05, 4.69) is 53.5 Å². The van der Waals surface area contributed by atoms with Crippen LogP contribution in [0.3, 0.4) is 0 Å². The van der Waals surface area contributed by atoms with Gasteiger partial charge in [-0.25, -0.2) is 0 Å². The highest BCUT2D eigenvalue weighted by Crippen LogP contribution is 2.41. The summed E-state index contributed by atoms with van der Waals surface area (Å²) >= 11 is 5.49. The molecule has 1 aromatic rings. The molecule has 1 saturated carbocycles. The van der Waals surface area contributed by atoms with Gasteiger partial charge in [-0.05, 0) is 72.0 Å². The number of rotatable bonds is 5. The highest BCUT2D eigenvalue weighted by atomic mass is 79.9. The van der Waals surface area contributed by atoms with Crippen molar-refractivity contribution in [3.05, 3.63) is 20.8 Å². The van der Waals surface area contributed by atoms with Crippen LogP contribution in [0.15, 0.2) is 15.9 Å². The maximum atomic E-state index is 3.80. The Morgan fingerprint density at radius 3 is 2.53 bits per heavy atom. The van der Waals surface area contributed by atoms with Crippen LogP contribution in [-0.4, -0.2) is 6.54 Å². The standard InChI is InChI=1S/C16H26BrNS/c1-4-5-18-16(15-9-14(17)10-19-15)13-7-11(2)6-12(3)8-13/h9-13,16,18H,4-8H2,1-3H3. The van der Waals surface area contributed by atoms with Gasteiger partial charge in [0.25, 0.3) is 0 Å². The fourth-order valence-corrected chi connectivity index (χ4v) is 5.18. The van der Waals surface area contributed by atoms with Crippen LogP contribution in [0.5, 0.6) is 0 Å². The summed E-state index contributed by atoms with van der Waals surface area (Å²) in [4.78, 5) is 1.51. The molecule has 0 aliphatic heterocycles. The maximum Gasteiger partial charge on any atom is 0.0444 e. The van der Waals surface area contributed by atoms with E-state index in [0.29, 0.717) is 6.04 Å². The molecule has 1 fully saturated rings. The number of halogens is 1. The first kappa shape index (κ1) is 15.5. The Hall–Kier alpha value is 0.140. The predicted octanol–water partition coefficient (Wildman–Crippen LogP) is 5.62. The summed E-state index contributed by atoms with van der Waals surface area (Å²) in [5.74, 6) is 2.56. The molecule has 0 aromatic carbocycles. The smallest absolute Gasteiger partial charge is 0.0444 e. The lowest BCUT2D eigenvalue weighted by Crippen LogP contribution is -2.33. The van der Waals surface area contributed by atoms with E-state index in [0.717, 1.165) is 24.3 Å². The first-order chi connectivity index (χ1) is 9.10. The van der Waals surface area contributed by atoms with Gasteiger partial charge in [-0.2, -0.15) is 0 Å². The molecular weight excluding hydrogens is 318 g/mol. The molecule has 0 amide bonds. The molecule has 1 aromatic heterocycles. The summed E-state index contributed by atoms with van der Waals surface area (Å²) in [6, 6.07) is 2.86. The van der Waals surface area contributed by atoms with E-state index >= 15 is 0 Å². The van der Waals surface area contributed by atoms with Crippen LogP contribution in [0.2, 0.25) is 0 Å². The lowest BCUT2D eigenvalue weighted by atomic mass is 9.73. The van der Waals surface area contributed by atoms with Crippen molar-refractivity contribution in [3.63, 3.8) is 0 Å². The van der Waals surface area contributed by atoms with Gasteiger partial charge in [-0.1, -0.05) is 20.8 Å². The lowest BCUT2D eigenvalue weighted by Gasteiger charge is -2.36. The molecule has 0 radical (unpaired) electrons. The fraction of sp³-hybridized carbons (Fsp3) is 0.750. The van der Waals surface area contributed by atoms with E-state index in [-0.39, 0.29) is 0 Å². The van der Waals surface area contributed by atoms with Crippen LogP contribution in [0.1, 0.15) is 57.4 Å². The molecule has 3 unspecified atom stereocenters. The molecule has 1 heterocycles. The molecule has 0 saturated heterocycles. The van der Waals surface area contributed by atoms with E-state index in [1.807, 2.05) is 11.3 Å². The van der Waals surface area contributed by atoms with Crippen molar-refractivity contribution >= 4 is 27.3 Å². The molecule has 19 heavy (non-hydrogen) atoms. The zero-order chi connectivity index (χ0) is 13.8. The first-order valence-corrected chi connectivity index (χ1v) is 9.24. The molecule has 108 valence electrons. The Bertz CT molecular complexity index is 380. The predicted molar refractivity (Wildman–Crippen MR) is 88.7 cm³/mol. The summed E-state index contributed by atoms with van der Waals surface area (Å²) in [7, 11) is 0. The van der Waals surface area contributed by atoms with Crippen molar-refractivity contribution in [2.75, 3.05) is 6.54 Å². The molecular formula is C16H26BrNS. The van der Waals surface area contributed by atoms with E-state index in [1.54, 1.807) is 0 Å². The topological polar surface area (TPSA) is 12.0 Å². The fourth-order valence-electron chi connectivity index (χ4n) is 3.57. The van der Waals surface area contributed by atoms with Gasteiger partial charge in [0, 0.05) is 20.8 Å². The third kappa shape index (κ3) is 4.30.